The Bertz CT molecular complexity index is 737. The van der Waals surface area contributed by atoms with Gasteiger partial charge in [-0.25, -0.2) is 5.43 Å². The minimum Gasteiger partial charge on any atom is -0.271 e. The van der Waals surface area contributed by atoms with Gasteiger partial charge in [0.1, 0.15) is 0 Å². The highest BCUT2D eigenvalue weighted by Crippen LogP contribution is 2.31. The molecular weight excluding hydrogens is 314 g/mol. The summed E-state index contributed by atoms with van der Waals surface area (Å²) in [6, 6.07) is 16.2. The van der Waals surface area contributed by atoms with Gasteiger partial charge in [0, 0.05) is 22.3 Å². The number of halogens is 1. The van der Waals surface area contributed by atoms with E-state index in [1.807, 2.05) is 36.5 Å². The maximum atomic E-state index is 5.81. The molecule has 0 fully saturated rings. The van der Waals surface area contributed by atoms with Gasteiger partial charge in [-0.05, 0) is 28.6 Å². The Hall–Kier alpha value is -1.75. The van der Waals surface area contributed by atoms with Crippen LogP contribution in [-0.4, -0.2) is 4.98 Å². The highest BCUT2D eigenvalue weighted by atomic mass is 79.9. The first-order chi connectivity index (χ1) is 9.81. The van der Waals surface area contributed by atoms with E-state index in [0.29, 0.717) is 0 Å². The molecule has 3 nitrogen and oxygen atoms in total. The molecule has 0 amide bonds. The van der Waals surface area contributed by atoms with Crippen molar-refractivity contribution < 1.29 is 0 Å². The molecule has 0 aliphatic carbocycles. The van der Waals surface area contributed by atoms with Gasteiger partial charge in [0.05, 0.1) is 6.04 Å². The van der Waals surface area contributed by atoms with Crippen LogP contribution in [0.1, 0.15) is 17.2 Å². The molecule has 0 bridgehead atoms. The molecule has 1 heterocycles. The number of rotatable bonds is 3. The van der Waals surface area contributed by atoms with Gasteiger partial charge in [-0.2, -0.15) is 0 Å². The second kappa shape index (κ2) is 5.71. The highest BCUT2D eigenvalue weighted by molar-refractivity contribution is 9.10. The summed E-state index contributed by atoms with van der Waals surface area (Å²) in [5, 5.41) is 2.26. The van der Waals surface area contributed by atoms with Gasteiger partial charge < -0.3 is 0 Å². The Balaban J connectivity index is 2.20. The van der Waals surface area contributed by atoms with Crippen LogP contribution < -0.4 is 11.3 Å². The molecule has 0 spiro atoms. The molecule has 4 heteroatoms. The molecule has 20 heavy (non-hydrogen) atoms. The largest absolute Gasteiger partial charge is 0.271 e. The zero-order valence-corrected chi connectivity index (χ0v) is 12.3. The number of nitrogens with one attached hydrogen (secondary N) is 1. The van der Waals surface area contributed by atoms with Crippen LogP contribution in [0.25, 0.3) is 10.8 Å². The Morgan fingerprint density at radius 3 is 2.60 bits per heavy atom. The second-order valence-corrected chi connectivity index (χ2v) is 5.42. The first-order valence-corrected chi connectivity index (χ1v) is 7.14. The van der Waals surface area contributed by atoms with Crippen LogP contribution in [0, 0.1) is 0 Å². The second-order valence-electron chi connectivity index (χ2n) is 4.57. The van der Waals surface area contributed by atoms with Gasteiger partial charge in [-0.1, -0.05) is 52.3 Å². The van der Waals surface area contributed by atoms with E-state index in [2.05, 4.69) is 44.5 Å². The van der Waals surface area contributed by atoms with Crippen LogP contribution in [0.4, 0.5) is 0 Å². The first kappa shape index (κ1) is 13.2. The molecule has 100 valence electrons. The molecule has 0 aliphatic rings. The van der Waals surface area contributed by atoms with Gasteiger partial charge in [-0.3, -0.25) is 10.8 Å². The van der Waals surface area contributed by atoms with Gasteiger partial charge in [-0.15, -0.1) is 0 Å². The molecular formula is C16H14BrN3. The normalized spacial score (nSPS) is 12.5. The third-order valence-corrected chi connectivity index (χ3v) is 4.13. The molecule has 1 atom stereocenters. The maximum Gasteiger partial charge on any atom is 0.0727 e. The minimum absolute atomic E-state index is 0.0725. The molecule has 1 aromatic heterocycles. The molecule has 0 aliphatic heterocycles. The van der Waals surface area contributed by atoms with E-state index in [1.54, 1.807) is 6.20 Å². The van der Waals surface area contributed by atoms with E-state index in [1.165, 1.54) is 0 Å². The predicted octanol–water partition coefficient (Wildman–Crippen LogP) is 3.55. The van der Waals surface area contributed by atoms with Gasteiger partial charge in [0.2, 0.25) is 0 Å². The summed E-state index contributed by atoms with van der Waals surface area (Å²) < 4.78 is 1.04. The van der Waals surface area contributed by atoms with E-state index >= 15 is 0 Å². The fourth-order valence-corrected chi connectivity index (χ4v) is 2.97. The smallest absolute Gasteiger partial charge is 0.0727 e. The molecule has 0 saturated heterocycles. The Labute approximate surface area is 125 Å². The number of benzene rings is 2. The maximum absolute atomic E-state index is 5.81. The molecule has 3 rings (SSSR count). The SMILES string of the molecule is NNC(c1ccccc1Br)c1cccc2cnccc12. The van der Waals surface area contributed by atoms with Crippen LogP contribution in [0.2, 0.25) is 0 Å². The van der Waals surface area contributed by atoms with Crippen LogP contribution in [0.15, 0.2) is 65.4 Å². The van der Waals surface area contributed by atoms with Crippen molar-refractivity contribution in [1.29, 1.82) is 0 Å². The van der Waals surface area contributed by atoms with E-state index in [0.717, 1.165) is 26.4 Å². The van der Waals surface area contributed by atoms with Crippen molar-refractivity contribution >= 4 is 26.7 Å². The number of aromatic nitrogens is 1. The topological polar surface area (TPSA) is 50.9 Å². The van der Waals surface area contributed by atoms with Crippen LogP contribution in [0.3, 0.4) is 0 Å². The summed E-state index contributed by atoms with van der Waals surface area (Å²) in [5.74, 6) is 5.81. The average molecular weight is 328 g/mol. The Morgan fingerprint density at radius 2 is 1.80 bits per heavy atom. The van der Waals surface area contributed by atoms with Gasteiger partial charge in [0.15, 0.2) is 0 Å². The van der Waals surface area contributed by atoms with Crippen molar-refractivity contribution in [3.63, 3.8) is 0 Å². The monoisotopic (exact) mass is 327 g/mol. The standard InChI is InChI=1S/C16H14BrN3/c17-15-7-2-1-5-14(15)16(20-18)13-6-3-4-11-10-19-9-8-12(11)13/h1-10,16,20H,18H2. The van der Waals surface area contributed by atoms with E-state index < -0.39 is 0 Å². The minimum atomic E-state index is -0.0725. The van der Waals surface area contributed by atoms with Crippen LogP contribution in [-0.2, 0) is 0 Å². The summed E-state index contributed by atoms with van der Waals surface area (Å²) in [6.45, 7) is 0. The number of pyridine rings is 1. The summed E-state index contributed by atoms with van der Waals surface area (Å²) >= 11 is 3.59. The summed E-state index contributed by atoms with van der Waals surface area (Å²) in [4.78, 5) is 4.17. The van der Waals surface area contributed by atoms with Crippen molar-refractivity contribution in [2.45, 2.75) is 6.04 Å². The van der Waals surface area contributed by atoms with E-state index in [4.69, 9.17) is 5.84 Å². The number of nitrogens with two attached hydrogens (primary N) is 1. The fourth-order valence-electron chi connectivity index (χ4n) is 2.46. The summed E-state index contributed by atoms with van der Waals surface area (Å²) in [7, 11) is 0. The molecule has 1 unspecified atom stereocenters. The molecule has 3 aromatic rings. The van der Waals surface area contributed by atoms with Crippen molar-refractivity contribution in [1.82, 2.24) is 10.4 Å². The highest BCUT2D eigenvalue weighted by Gasteiger charge is 2.17. The zero-order valence-electron chi connectivity index (χ0n) is 10.8. The lowest BCUT2D eigenvalue weighted by Gasteiger charge is -2.20. The lowest BCUT2D eigenvalue weighted by Crippen LogP contribution is -2.29. The number of hydrogen-bond donors (Lipinski definition) is 2. The molecule has 0 radical (unpaired) electrons. The number of hydrazine groups is 1. The molecule has 3 N–H and O–H groups in total. The van der Waals surface area contributed by atoms with Gasteiger partial charge >= 0.3 is 0 Å². The molecule has 0 saturated carbocycles. The van der Waals surface area contributed by atoms with Crippen molar-refractivity contribution in [2.24, 2.45) is 5.84 Å². The number of fused-ring (bicyclic) bond motifs is 1. The average Bonchev–Trinajstić information content (AvgIpc) is 2.50. The quantitative estimate of drug-likeness (QED) is 0.571. The van der Waals surface area contributed by atoms with Crippen molar-refractivity contribution in [3.8, 4) is 0 Å². The fraction of sp³-hybridized carbons (Fsp3) is 0.0625. The van der Waals surface area contributed by atoms with Crippen molar-refractivity contribution in [2.75, 3.05) is 0 Å². The lowest BCUT2D eigenvalue weighted by molar-refractivity contribution is 0.638. The van der Waals surface area contributed by atoms with E-state index in [9.17, 15) is 0 Å². The third kappa shape index (κ3) is 2.33. The van der Waals surface area contributed by atoms with E-state index in [-0.39, 0.29) is 6.04 Å². The lowest BCUT2D eigenvalue weighted by atomic mass is 9.95. The third-order valence-electron chi connectivity index (χ3n) is 3.41. The van der Waals surface area contributed by atoms with Crippen LogP contribution >= 0.6 is 15.9 Å². The first-order valence-electron chi connectivity index (χ1n) is 6.34. The number of hydrogen-bond acceptors (Lipinski definition) is 3. The Morgan fingerprint density at radius 1 is 1.00 bits per heavy atom. The van der Waals surface area contributed by atoms with Crippen molar-refractivity contribution in [3.05, 3.63) is 76.5 Å². The molecule has 2 aromatic carbocycles. The van der Waals surface area contributed by atoms with Crippen LogP contribution in [0.5, 0.6) is 0 Å². The zero-order chi connectivity index (χ0) is 13.9. The van der Waals surface area contributed by atoms with Gasteiger partial charge in [0.25, 0.3) is 0 Å². The predicted molar refractivity (Wildman–Crippen MR) is 85.1 cm³/mol. The Kier molecular flexibility index (Phi) is 3.78. The summed E-state index contributed by atoms with van der Waals surface area (Å²) in [6.07, 6.45) is 3.67. The summed E-state index contributed by atoms with van der Waals surface area (Å²) in [5.41, 5.74) is 5.17. The number of nitrogens with zero attached hydrogens (tertiary/aromatic N) is 1.